The Morgan fingerprint density at radius 2 is 1.69 bits per heavy atom. The van der Waals surface area contributed by atoms with Gasteiger partial charge >= 0.3 is 0 Å². The van der Waals surface area contributed by atoms with Crippen LogP contribution in [-0.4, -0.2) is 61.0 Å². The number of nitrogens with zero attached hydrogens (tertiary/aromatic N) is 4. The molecule has 2 aromatic heterocycles. The summed E-state index contributed by atoms with van der Waals surface area (Å²) in [6, 6.07) is 20.8. The lowest BCUT2D eigenvalue weighted by molar-refractivity contribution is 0.385. The Bertz CT molecular complexity index is 1380. The number of nitrogens with one attached hydrogen (secondary N) is 1. The molecule has 36 heavy (non-hydrogen) atoms. The Labute approximate surface area is 211 Å². The third-order valence-electron chi connectivity index (χ3n) is 6.41. The van der Waals surface area contributed by atoms with E-state index in [1.165, 1.54) is 0 Å². The number of H-pyrrole nitrogens is 1. The molecule has 0 radical (unpaired) electrons. The number of sulfonamides is 1. The SMILES string of the molecule is COc1cc(CCc2ncc[nH]2)nc(-c2ccc(S(=O)(=O)N3CCN(c4ccccc4)CC3)cc2)c1. The predicted molar refractivity (Wildman–Crippen MR) is 140 cm³/mol. The van der Waals surface area contributed by atoms with Crippen molar-refractivity contribution in [3.05, 3.63) is 90.6 Å². The fourth-order valence-electron chi connectivity index (χ4n) is 4.41. The van der Waals surface area contributed by atoms with E-state index in [9.17, 15) is 8.42 Å². The van der Waals surface area contributed by atoms with Crippen molar-refractivity contribution in [3.63, 3.8) is 0 Å². The summed E-state index contributed by atoms with van der Waals surface area (Å²) in [5.41, 5.74) is 3.58. The van der Waals surface area contributed by atoms with Gasteiger partial charge in [0.2, 0.25) is 10.0 Å². The van der Waals surface area contributed by atoms with E-state index < -0.39 is 10.0 Å². The van der Waals surface area contributed by atoms with Gasteiger partial charge in [-0.05, 0) is 30.7 Å². The molecule has 1 fully saturated rings. The standard InChI is InChI=1S/C27H29N5O3S/c1-35-24-19-22(9-12-27-28-13-14-29-27)30-26(20-24)21-7-10-25(11-8-21)36(33,34)32-17-15-31(16-18-32)23-5-3-2-4-6-23/h2-8,10-11,13-14,19-20H,9,12,15-18H2,1H3,(H,28,29). The van der Waals surface area contributed by atoms with E-state index in [1.807, 2.05) is 42.5 Å². The number of aromatic nitrogens is 3. The molecule has 0 saturated carbocycles. The Morgan fingerprint density at radius 3 is 2.36 bits per heavy atom. The molecule has 0 unspecified atom stereocenters. The average Bonchev–Trinajstić information content (AvgIpc) is 3.46. The first-order valence-corrected chi connectivity index (χ1v) is 13.4. The van der Waals surface area contributed by atoms with Crippen LogP contribution >= 0.6 is 0 Å². The molecule has 9 heteroatoms. The van der Waals surface area contributed by atoms with Gasteiger partial charge in [-0.3, -0.25) is 4.98 Å². The quantitative estimate of drug-likeness (QED) is 0.394. The number of methoxy groups -OCH3 is 1. The van der Waals surface area contributed by atoms with E-state index in [-0.39, 0.29) is 0 Å². The fourth-order valence-corrected chi connectivity index (χ4v) is 5.83. The van der Waals surface area contributed by atoms with Gasteiger partial charge < -0.3 is 14.6 Å². The topological polar surface area (TPSA) is 91.4 Å². The maximum Gasteiger partial charge on any atom is 0.243 e. The lowest BCUT2D eigenvalue weighted by Gasteiger charge is -2.35. The van der Waals surface area contributed by atoms with Crippen molar-refractivity contribution in [3.8, 4) is 17.0 Å². The van der Waals surface area contributed by atoms with Gasteiger partial charge in [0, 0.05) is 74.1 Å². The smallest absolute Gasteiger partial charge is 0.243 e. The maximum absolute atomic E-state index is 13.3. The highest BCUT2D eigenvalue weighted by atomic mass is 32.2. The summed E-state index contributed by atoms with van der Waals surface area (Å²) in [4.78, 5) is 14.7. The second-order valence-electron chi connectivity index (χ2n) is 8.67. The van der Waals surface area contributed by atoms with Crippen LogP contribution < -0.4 is 9.64 Å². The molecule has 0 spiro atoms. The molecule has 186 valence electrons. The minimum absolute atomic E-state index is 0.292. The van der Waals surface area contributed by atoms with Crippen molar-refractivity contribution in [2.45, 2.75) is 17.7 Å². The zero-order chi connectivity index (χ0) is 25.0. The van der Waals surface area contributed by atoms with Crippen molar-refractivity contribution >= 4 is 15.7 Å². The monoisotopic (exact) mass is 503 g/mol. The van der Waals surface area contributed by atoms with Gasteiger partial charge in [-0.2, -0.15) is 4.31 Å². The number of benzene rings is 2. The molecular formula is C27H29N5O3S. The van der Waals surface area contributed by atoms with E-state index in [0.717, 1.165) is 34.9 Å². The third kappa shape index (κ3) is 5.27. The first-order chi connectivity index (χ1) is 17.5. The van der Waals surface area contributed by atoms with Crippen LogP contribution in [-0.2, 0) is 22.9 Å². The van der Waals surface area contributed by atoms with Crippen LogP contribution in [0.3, 0.4) is 0 Å². The van der Waals surface area contributed by atoms with Gasteiger partial charge in [0.1, 0.15) is 11.6 Å². The van der Waals surface area contributed by atoms with Gasteiger partial charge in [-0.25, -0.2) is 13.4 Å². The zero-order valence-corrected chi connectivity index (χ0v) is 21.0. The molecule has 3 heterocycles. The van der Waals surface area contributed by atoms with E-state index >= 15 is 0 Å². The number of hydrogen-bond acceptors (Lipinski definition) is 6. The van der Waals surface area contributed by atoms with Gasteiger partial charge in [0.05, 0.1) is 17.7 Å². The molecule has 4 aromatic rings. The first kappa shape index (κ1) is 24.0. The zero-order valence-electron chi connectivity index (χ0n) is 20.2. The maximum atomic E-state index is 13.3. The first-order valence-electron chi connectivity index (χ1n) is 12.0. The number of anilines is 1. The molecule has 1 aliphatic heterocycles. The number of aryl methyl sites for hydroxylation is 2. The van der Waals surface area contributed by atoms with Crippen LogP contribution in [0, 0.1) is 0 Å². The molecule has 0 bridgehead atoms. The van der Waals surface area contributed by atoms with E-state index in [0.29, 0.717) is 43.2 Å². The summed E-state index contributed by atoms with van der Waals surface area (Å²) >= 11 is 0. The Morgan fingerprint density at radius 1 is 0.944 bits per heavy atom. The van der Waals surface area contributed by atoms with Crippen molar-refractivity contribution in [1.82, 2.24) is 19.3 Å². The molecule has 1 aliphatic rings. The second kappa shape index (κ2) is 10.5. The van der Waals surface area contributed by atoms with Gasteiger partial charge in [-0.15, -0.1) is 0 Å². The third-order valence-corrected chi connectivity index (χ3v) is 8.32. The molecule has 0 aliphatic carbocycles. The Kier molecular flexibility index (Phi) is 7.02. The summed E-state index contributed by atoms with van der Waals surface area (Å²) in [7, 11) is -1.94. The Balaban J connectivity index is 1.29. The number of aromatic amines is 1. The summed E-state index contributed by atoms with van der Waals surface area (Å²) in [5.74, 6) is 1.61. The highest BCUT2D eigenvalue weighted by Crippen LogP contribution is 2.27. The largest absolute Gasteiger partial charge is 0.497 e. The highest BCUT2D eigenvalue weighted by molar-refractivity contribution is 7.89. The summed E-state index contributed by atoms with van der Waals surface area (Å²) in [6.45, 7) is 2.23. The molecular weight excluding hydrogens is 474 g/mol. The molecule has 0 atom stereocenters. The predicted octanol–water partition coefficient (Wildman–Crippen LogP) is 3.78. The normalized spacial score (nSPS) is 14.6. The van der Waals surface area contributed by atoms with Gasteiger partial charge in [0.15, 0.2) is 0 Å². The van der Waals surface area contributed by atoms with Crippen LogP contribution in [0.25, 0.3) is 11.3 Å². The number of piperazine rings is 1. The lowest BCUT2D eigenvalue weighted by Crippen LogP contribution is -2.48. The molecule has 2 aromatic carbocycles. The number of pyridine rings is 1. The second-order valence-corrected chi connectivity index (χ2v) is 10.6. The number of rotatable bonds is 8. The minimum atomic E-state index is -3.57. The number of ether oxygens (including phenoxy) is 1. The molecule has 1 N–H and O–H groups in total. The van der Waals surface area contributed by atoms with Crippen LogP contribution in [0.4, 0.5) is 5.69 Å². The van der Waals surface area contributed by atoms with Crippen molar-refractivity contribution < 1.29 is 13.2 Å². The van der Waals surface area contributed by atoms with Gasteiger partial charge in [0.25, 0.3) is 0 Å². The number of para-hydroxylation sites is 1. The number of imidazole rings is 1. The summed E-state index contributed by atoms with van der Waals surface area (Å²) in [5, 5.41) is 0. The average molecular weight is 504 g/mol. The molecule has 5 rings (SSSR count). The lowest BCUT2D eigenvalue weighted by atomic mass is 10.1. The molecule has 1 saturated heterocycles. The van der Waals surface area contributed by atoms with Crippen LogP contribution in [0.15, 0.2) is 84.0 Å². The van der Waals surface area contributed by atoms with E-state index in [2.05, 4.69) is 27.0 Å². The Hall–Kier alpha value is -3.69. The minimum Gasteiger partial charge on any atom is -0.497 e. The summed E-state index contributed by atoms with van der Waals surface area (Å²) < 4.78 is 33.6. The van der Waals surface area contributed by atoms with Crippen LogP contribution in [0.1, 0.15) is 11.5 Å². The fraction of sp³-hybridized carbons (Fsp3) is 0.259. The van der Waals surface area contributed by atoms with Crippen molar-refractivity contribution in [2.24, 2.45) is 0 Å². The molecule has 8 nitrogen and oxygen atoms in total. The molecule has 0 amide bonds. The van der Waals surface area contributed by atoms with E-state index in [1.54, 1.807) is 35.9 Å². The van der Waals surface area contributed by atoms with Gasteiger partial charge in [-0.1, -0.05) is 30.3 Å². The number of hydrogen-bond donors (Lipinski definition) is 1. The summed E-state index contributed by atoms with van der Waals surface area (Å²) in [6.07, 6.45) is 4.98. The van der Waals surface area contributed by atoms with Crippen LogP contribution in [0.2, 0.25) is 0 Å². The van der Waals surface area contributed by atoms with E-state index in [4.69, 9.17) is 9.72 Å². The van der Waals surface area contributed by atoms with Crippen molar-refractivity contribution in [2.75, 3.05) is 38.2 Å². The van der Waals surface area contributed by atoms with Crippen molar-refractivity contribution in [1.29, 1.82) is 0 Å². The van der Waals surface area contributed by atoms with Crippen LogP contribution in [0.5, 0.6) is 5.75 Å². The highest BCUT2D eigenvalue weighted by Gasteiger charge is 2.28.